The zero-order chi connectivity index (χ0) is 15.2. The van der Waals surface area contributed by atoms with Gasteiger partial charge in [-0.05, 0) is 36.6 Å². The molecule has 0 fully saturated rings. The zero-order valence-electron chi connectivity index (χ0n) is 12.4. The van der Waals surface area contributed by atoms with Crippen LogP contribution < -0.4 is 0 Å². The van der Waals surface area contributed by atoms with Crippen molar-refractivity contribution in [3.05, 3.63) is 65.7 Å². The summed E-state index contributed by atoms with van der Waals surface area (Å²) in [7, 11) is 1.80. The van der Waals surface area contributed by atoms with Crippen LogP contribution in [0.5, 0.6) is 5.75 Å². The molecule has 0 aliphatic rings. The predicted octanol–water partition coefficient (Wildman–Crippen LogP) is 3.39. The molecule has 1 N–H and O–H groups in total. The van der Waals surface area contributed by atoms with Crippen LogP contribution in [0.1, 0.15) is 30.4 Å². The van der Waals surface area contributed by atoms with Crippen molar-refractivity contribution in [2.45, 2.75) is 25.3 Å². The third-order valence-electron chi connectivity index (χ3n) is 3.94. The van der Waals surface area contributed by atoms with Crippen molar-refractivity contribution >= 4 is 6.41 Å². The second-order valence-electron chi connectivity index (χ2n) is 5.41. The number of benzene rings is 2. The van der Waals surface area contributed by atoms with Gasteiger partial charge in [0.15, 0.2) is 0 Å². The van der Waals surface area contributed by atoms with E-state index in [9.17, 15) is 9.90 Å². The standard InChI is InChI=1S/C18H21NO2/c1-14(19(2)13-20)12-18(15-6-4-3-5-7-15)16-8-10-17(21)11-9-16/h3-11,13-14,18,21H,12H2,1-2H3/t14-,18+/m0/s1. The smallest absolute Gasteiger partial charge is 0.209 e. The summed E-state index contributed by atoms with van der Waals surface area (Å²) < 4.78 is 0. The minimum absolute atomic E-state index is 0.140. The molecule has 3 heteroatoms. The molecule has 0 aliphatic carbocycles. The Hall–Kier alpha value is -2.29. The first-order valence-corrected chi connectivity index (χ1v) is 7.13. The third kappa shape index (κ3) is 3.85. The van der Waals surface area contributed by atoms with Gasteiger partial charge in [0, 0.05) is 19.0 Å². The van der Waals surface area contributed by atoms with Gasteiger partial charge in [-0.15, -0.1) is 0 Å². The summed E-state index contributed by atoms with van der Waals surface area (Å²) in [6.45, 7) is 2.05. The van der Waals surface area contributed by atoms with Gasteiger partial charge in [0.1, 0.15) is 5.75 Å². The maximum atomic E-state index is 10.9. The molecule has 1 amide bonds. The van der Waals surface area contributed by atoms with Crippen molar-refractivity contribution in [1.82, 2.24) is 4.90 Å². The van der Waals surface area contributed by atoms with Crippen LogP contribution in [0.15, 0.2) is 54.6 Å². The van der Waals surface area contributed by atoms with Gasteiger partial charge in [-0.25, -0.2) is 0 Å². The van der Waals surface area contributed by atoms with Crippen molar-refractivity contribution in [3.8, 4) is 5.75 Å². The van der Waals surface area contributed by atoms with Gasteiger partial charge in [-0.2, -0.15) is 0 Å². The number of phenolic OH excluding ortho intramolecular Hbond substituents is 1. The van der Waals surface area contributed by atoms with Crippen LogP contribution >= 0.6 is 0 Å². The van der Waals surface area contributed by atoms with E-state index in [1.165, 1.54) is 5.56 Å². The molecule has 3 nitrogen and oxygen atoms in total. The molecule has 0 aliphatic heterocycles. The molecule has 0 heterocycles. The first kappa shape index (κ1) is 15.1. The summed E-state index contributed by atoms with van der Waals surface area (Å²) in [4.78, 5) is 12.6. The molecule has 0 aromatic heterocycles. The zero-order valence-corrected chi connectivity index (χ0v) is 12.4. The average molecular weight is 283 g/mol. The Labute approximate surface area is 125 Å². The summed E-state index contributed by atoms with van der Waals surface area (Å²) in [5.41, 5.74) is 2.36. The van der Waals surface area contributed by atoms with E-state index < -0.39 is 0 Å². The second-order valence-corrected chi connectivity index (χ2v) is 5.41. The van der Waals surface area contributed by atoms with Crippen LogP contribution in [-0.4, -0.2) is 29.5 Å². The van der Waals surface area contributed by atoms with E-state index in [4.69, 9.17) is 0 Å². The van der Waals surface area contributed by atoms with Gasteiger partial charge in [0.05, 0.1) is 0 Å². The van der Waals surface area contributed by atoms with E-state index in [-0.39, 0.29) is 17.7 Å². The van der Waals surface area contributed by atoms with E-state index in [0.717, 1.165) is 18.4 Å². The number of aromatic hydroxyl groups is 1. The number of carbonyl (C=O) groups excluding carboxylic acids is 1. The SMILES string of the molecule is C[C@@H](C[C@H](c1ccccc1)c1ccc(O)cc1)N(C)C=O. The Morgan fingerprint density at radius 1 is 1.05 bits per heavy atom. The van der Waals surface area contributed by atoms with E-state index in [1.54, 1.807) is 24.1 Å². The molecule has 2 atom stereocenters. The summed E-state index contributed by atoms with van der Waals surface area (Å²) in [5, 5.41) is 9.46. The van der Waals surface area contributed by atoms with Crippen molar-refractivity contribution < 1.29 is 9.90 Å². The van der Waals surface area contributed by atoms with Crippen LogP contribution in [0.2, 0.25) is 0 Å². The molecule has 21 heavy (non-hydrogen) atoms. The summed E-state index contributed by atoms with van der Waals surface area (Å²) >= 11 is 0. The Kier molecular flexibility index (Phi) is 4.99. The molecule has 0 radical (unpaired) electrons. The monoisotopic (exact) mass is 283 g/mol. The Morgan fingerprint density at radius 3 is 2.19 bits per heavy atom. The van der Waals surface area contributed by atoms with Crippen molar-refractivity contribution in [2.24, 2.45) is 0 Å². The fourth-order valence-corrected chi connectivity index (χ4v) is 2.47. The minimum Gasteiger partial charge on any atom is -0.508 e. The third-order valence-corrected chi connectivity index (χ3v) is 3.94. The molecule has 0 saturated heterocycles. The average Bonchev–Trinajstić information content (AvgIpc) is 2.53. The topological polar surface area (TPSA) is 40.5 Å². The molecule has 2 aromatic carbocycles. The molecule has 0 unspecified atom stereocenters. The number of hydrogen-bond acceptors (Lipinski definition) is 2. The minimum atomic E-state index is 0.140. The number of carbonyl (C=O) groups is 1. The number of amides is 1. The van der Waals surface area contributed by atoms with Crippen LogP contribution in [0.3, 0.4) is 0 Å². The fraction of sp³-hybridized carbons (Fsp3) is 0.278. The quantitative estimate of drug-likeness (QED) is 0.826. The largest absolute Gasteiger partial charge is 0.508 e. The lowest BCUT2D eigenvalue weighted by Crippen LogP contribution is -2.29. The molecule has 2 rings (SSSR count). The van der Waals surface area contributed by atoms with E-state index in [2.05, 4.69) is 12.1 Å². The lowest BCUT2D eigenvalue weighted by molar-refractivity contribution is -0.118. The van der Waals surface area contributed by atoms with Crippen LogP contribution in [0.4, 0.5) is 0 Å². The Balaban J connectivity index is 2.31. The summed E-state index contributed by atoms with van der Waals surface area (Å²) in [6, 6.07) is 17.7. The summed E-state index contributed by atoms with van der Waals surface area (Å²) in [5.74, 6) is 0.466. The number of hydrogen-bond donors (Lipinski definition) is 1. The molecule has 2 aromatic rings. The number of rotatable bonds is 6. The number of nitrogens with zero attached hydrogens (tertiary/aromatic N) is 1. The van der Waals surface area contributed by atoms with Crippen molar-refractivity contribution in [2.75, 3.05) is 7.05 Å². The highest BCUT2D eigenvalue weighted by atomic mass is 16.3. The highest BCUT2D eigenvalue weighted by Crippen LogP contribution is 2.31. The number of phenols is 1. The second kappa shape index (κ2) is 6.93. The molecule has 0 bridgehead atoms. The van der Waals surface area contributed by atoms with Gasteiger partial charge < -0.3 is 10.0 Å². The Morgan fingerprint density at radius 2 is 1.62 bits per heavy atom. The first-order valence-electron chi connectivity index (χ1n) is 7.13. The lowest BCUT2D eigenvalue weighted by Gasteiger charge is -2.26. The summed E-state index contributed by atoms with van der Waals surface area (Å²) in [6.07, 6.45) is 1.70. The maximum absolute atomic E-state index is 10.9. The molecule has 0 saturated carbocycles. The van der Waals surface area contributed by atoms with Crippen LogP contribution in [0, 0.1) is 0 Å². The Bertz CT molecular complexity index is 566. The lowest BCUT2D eigenvalue weighted by atomic mass is 9.86. The van der Waals surface area contributed by atoms with Gasteiger partial charge in [0.2, 0.25) is 6.41 Å². The van der Waals surface area contributed by atoms with Gasteiger partial charge >= 0.3 is 0 Å². The highest BCUT2D eigenvalue weighted by molar-refractivity contribution is 5.47. The van der Waals surface area contributed by atoms with Crippen LogP contribution in [-0.2, 0) is 4.79 Å². The molecule has 110 valence electrons. The van der Waals surface area contributed by atoms with Gasteiger partial charge in [-0.3, -0.25) is 4.79 Å². The molecule has 0 spiro atoms. The fourth-order valence-electron chi connectivity index (χ4n) is 2.47. The van der Waals surface area contributed by atoms with Crippen LogP contribution in [0.25, 0.3) is 0 Å². The molecular weight excluding hydrogens is 262 g/mol. The predicted molar refractivity (Wildman–Crippen MR) is 84.3 cm³/mol. The highest BCUT2D eigenvalue weighted by Gasteiger charge is 2.19. The molecular formula is C18H21NO2. The van der Waals surface area contributed by atoms with Crippen molar-refractivity contribution in [3.63, 3.8) is 0 Å². The first-order chi connectivity index (χ1) is 10.1. The van der Waals surface area contributed by atoms with E-state index >= 15 is 0 Å². The van der Waals surface area contributed by atoms with E-state index in [0.29, 0.717) is 0 Å². The van der Waals surface area contributed by atoms with Gasteiger partial charge in [-0.1, -0.05) is 42.5 Å². The van der Waals surface area contributed by atoms with Crippen molar-refractivity contribution in [1.29, 1.82) is 0 Å². The van der Waals surface area contributed by atoms with E-state index in [1.807, 2.05) is 37.3 Å². The maximum Gasteiger partial charge on any atom is 0.209 e. The van der Waals surface area contributed by atoms with Gasteiger partial charge in [0.25, 0.3) is 0 Å². The normalized spacial score (nSPS) is 13.4.